The van der Waals surface area contributed by atoms with Crippen molar-refractivity contribution in [3.63, 3.8) is 0 Å². The van der Waals surface area contributed by atoms with Crippen LogP contribution >= 0.6 is 0 Å². The Morgan fingerprint density at radius 2 is 2.03 bits per heavy atom. The molecule has 7 heteroatoms. The average molecular weight is 398 g/mol. The first kappa shape index (κ1) is 18.3. The molecule has 0 aliphatic carbocycles. The molecule has 0 radical (unpaired) electrons. The van der Waals surface area contributed by atoms with Crippen LogP contribution in [-0.2, 0) is 6.54 Å². The SMILES string of the molecule is CN(CCO)c1ccc(Nc2nc(-c3ccc4c(c3)CN=C4)cn3ccnc23)cc1. The van der Waals surface area contributed by atoms with Gasteiger partial charge in [-0.3, -0.25) is 4.99 Å². The first-order valence-electron chi connectivity index (χ1n) is 9.87. The predicted molar refractivity (Wildman–Crippen MR) is 120 cm³/mol. The van der Waals surface area contributed by atoms with Gasteiger partial charge in [0.15, 0.2) is 11.5 Å². The van der Waals surface area contributed by atoms with Crippen LogP contribution in [-0.4, -0.2) is 45.9 Å². The van der Waals surface area contributed by atoms with Crippen molar-refractivity contribution in [3.05, 3.63) is 72.2 Å². The minimum atomic E-state index is 0.125. The first-order valence-corrected chi connectivity index (χ1v) is 9.87. The number of aliphatic hydroxyl groups excluding tert-OH is 1. The van der Waals surface area contributed by atoms with Gasteiger partial charge in [0.1, 0.15) is 0 Å². The van der Waals surface area contributed by atoms with Crippen LogP contribution in [0.25, 0.3) is 16.9 Å². The average Bonchev–Trinajstić information content (AvgIpc) is 3.43. The van der Waals surface area contributed by atoms with Crippen LogP contribution in [0.4, 0.5) is 17.2 Å². The number of hydrogen-bond acceptors (Lipinski definition) is 6. The Kier molecular flexibility index (Phi) is 4.65. The van der Waals surface area contributed by atoms with Crippen LogP contribution in [0.2, 0.25) is 0 Å². The van der Waals surface area contributed by atoms with Gasteiger partial charge in [0, 0.05) is 55.3 Å². The molecule has 150 valence electrons. The third-order valence-electron chi connectivity index (χ3n) is 5.31. The second-order valence-corrected chi connectivity index (χ2v) is 7.33. The minimum Gasteiger partial charge on any atom is -0.395 e. The molecule has 30 heavy (non-hydrogen) atoms. The number of imidazole rings is 1. The first-order chi connectivity index (χ1) is 14.7. The molecule has 4 aromatic rings. The zero-order valence-electron chi connectivity index (χ0n) is 16.7. The van der Waals surface area contributed by atoms with Crippen molar-refractivity contribution in [3.8, 4) is 11.3 Å². The molecule has 0 spiro atoms. The fourth-order valence-corrected chi connectivity index (χ4v) is 3.64. The van der Waals surface area contributed by atoms with Crippen LogP contribution in [0.1, 0.15) is 11.1 Å². The highest BCUT2D eigenvalue weighted by atomic mass is 16.3. The van der Waals surface area contributed by atoms with Gasteiger partial charge in [0.05, 0.1) is 18.8 Å². The summed E-state index contributed by atoms with van der Waals surface area (Å²) in [5.74, 6) is 0.700. The lowest BCUT2D eigenvalue weighted by Crippen LogP contribution is -2.20. The summed E-state index contributed by atoms with van der Waals surface area (Å²) in [6.07, 6.45) is 7.61. The van der Waals surface area contributed by atoms with E-state index in [1.165, 1.54) is 11.1 Å². The van der Waals surface area contributed by atoms with E-state index < -0.39 is 0 Å². The topological polar surface area (TPSA) is 78.0 Å². The summed E-state index contributed by atoms with van der Waals surface area (Å²) < 4.78 is 1.98. The van der Waals surface area contributed by atoms with E-state index in [2.05, 4.69) is 33.5 Å². The minimum absolute atomic E-state index is 0.125. The second-order valence-electron chi connectivity index (χ2n) is 7.33. The zero-order chi connectivity index (χ0) is 20.5. The number of hydrogen-bond donors (Lipinski definition) is 2. The number of anilines is 3. The number of fused-ring (bicyclic) bond motifs is 2. The van der Waals surface area contributed by atoms with E-state index in [4.69, 9.17) is 10.1 Å². The van der Waals surface area contributed by atoms with E-state index in [1.54, 1.807) is 6.20 Å². The molecule has 0 bridgehead atoms. The maximum atomic E-state index is 9.12. The van der Waals surface area contributed by atoms with Crippen molar-refractivity contribution < 1.29 is 5.11 Å². The number of nitrogens with zero attached hydrogens (tertiary/aromatic N) is 5. The smallest absolute Gasteiger partial charge is 0.180 e. The number of aliphatic hydroxyl groups is 1. The monoisotopic (exact) mass is 398 g/mol. The number of nitrogens with one attached hydrogen (secondary N) is 1. The Hall–Kier alpha value is -3.71. The maximum Gasteiger partial charge on any atom is 0.180 e. The van der Waals surface area contributed by atoms with Crippen LogP contribution in [0.15, 0.2) is 66.0 Å². The predicted octanol–water partition coefficient (Wildman–Crippen LogP) is 3.50. The molecule has 0 unspecified atom stereocenters. The van der Waals surface area contributed by atoms with E-state index in [-0.39, 0.29) is 6.61 Å². The molecular weight excluding hydrogens is 376 g/mol. The molecule has 0 saturated heterocycles. The van der Waals surface area contributed by atoms with Crippen molar-refractivity contribution in [2.75, 3.05) is 30.4 Å². The normalized spacial score (nSPS) is 12.3. The molecule has 2 aromatic heterocycles. The molecule has 2 aromatic carbocycles. The third-order valence-corrected chi connectivity index (χ3v) is 5.31. The molecule has 0 saturated carbocycles. The Morgan fingerprint density at radius 3 is 2.87 bits per heavy atom. The van der Waals surface area contributed by atoms with E-state index in [0.717, 1.165) is 34.8 Å². The summed E-state index contributed by atoms with van der Waals surface area (Å²) in [5.41, 5.74) is 7.06. The quantitative estimate of drug-likeness (QED) is 0.520. The van der Waals surface area contributed by atoms with Crippen LogP contribution in [0.5, 0.6) is 0 Å². The van der Waals surface area contributed by atoms with Gasteiger partial charge in [-0.2, -0.15) is 0 Å². The van der Waals surface area contributed by atoms with Crippen LogP contribution in [0, 0.1) is 0 Å². The Balaban J connectivity index is 1.48. The summed E-state index contributed by atoms with van der Waals surface area (Å²) >= 11 is 0. The van der Waals surface area contributed by atoms with E-state index in [0.29, 0.717) is 12.4 Å². The van der Waals surface area contributed by atoms with Crippen molar-refractivity contribution in [1.82, 2.24) is 14.4 Å². The van der Waals surface area contributed by atoms with Crippen molar-refractivity contribution in [1.29, 1.82) is 0 Å². The Morgan fingerprint density at radius 1 is 1.17 bits per heavy atom. The fourth-order valence-electron chi connectivity index (χ4n) is 3.64. The molecule has 0 atom stereocenters. The number of aromatic nitrogens is 3. The summed E-state index contributed by atoms with van der Waals surface area (Å²) in [7, 11) is 1.96. The van der Waals surface area contributed by atoms with Gasteiger partial charge in [0.25, 0.3) is 0 Å². The summed E-state index contributed by atoms with van der Waals surface area (Å²) in [6, 6.07) is 14.4. The van der Waals surface area contributed by atoms with Crippen LogP contribution in [0.3, 0.4) is 0 Å². The highest BCUT2D eigenvalue weighted by Gasteiger charge is 2.13. The largest absolute Gasteiger partial charge is 0.395 e. The third kappa shape index (κ3) is 3.40. The van der Waals surface area contributed by atoms with Crippen LogP contribution < -0.4 is 10.2 Å². The molecule has 7 nitrogen and oxygen atoms in total. The lowest BCUT2D eigenvalue weighted by molar-refractivity contribution is 0.304. The summed E-state index contributed by atoms with van der Waals surface area (Å²) in [5, 5.41) is 12.5. The zero-order valence-corrected chi connectivity index (χ0v) is 16.7. The molecular formula is C23H22N6O. The number of likely N-dealkylation sites (N-methyl/N-ethyl adjacent to an activating group) is 1. The fraction of sp³-hybridized carbons (Fsp3) is 0.174. The van der Waals surface area contributed by atoms with Gasteiger partial charge >= 0.3 is 0 Å². The molecule has 5 rings (SSSR count). The molecule has 0 amide bonds. The van der Waals surface area contributed by atoms with E-state index in [1.807, 2.05) is 59.2 Å². The van der Waals surface area contributed by atoms with Crippen molar-refractivity contribution in [2.45, 2.75) is 6.54 Å². The van der Waals surface area contributed by atoms with Gasteiger partial charge in [-0.25, -0.2) is 9.97 Å². The Bertz CT molecular complexity index is 1230. The molecule has 0 fully saturated rings. The highest BCUT2D eigenvalue weighted by Crippen LogP contribution is 2.28. The molecule has 2 N–H and O–H groups in total. The van der Waals surface area contributed by atoms with Gasteiger partial charge in [0.2, 0.25) is 0 Å². The van der Waals surface area contributed by atoms with E-state index in [9.17, 15) is 0 Å². The maximum absolute atomic E-state index is 9.12. The summed E-state index contributed by atoms with van der Waals surface area (Å²) in [4.78, 5) is 15.7. The lowest BCUT2D eigenvalue weighted by Gasteiger charge is -2.18. The second kappa shape index (κ2) is 7.61. The summed E-state index contributed by atoms with van der Waals surface area (Å²) in [6.45, 7) is 1.44. The van der Waals surface area contributed by atoms with Gasteiger partial charge in [-0.05, 0) is 41.5 Å². The van der Waals surface area contributed by atoms with Crippen molar-refractivity contribution in [2.24, 2.45) is 4.99 Å². The standard InChI is InChI=1S/C23H22N6O/c1-28(10-11-30)20-6-4-19(5-7-20)26-22-23-25-8-9-29(23)15-21(27-22)16-2-3-17-13-24-14-18(17)12-16/h2-9,12-13,15,30H,10-11,14H2,1H3,(H,26,27). The van der Waals surface area contributed by atoms with Gasteiger partial charge in [-0.15, -0.1) is 0 Å². The number of rotatable bonds is 6. The molecule has 3 heterocycles. The molecule has 1 aliphatic rings. The van der Waals surface area contributed by atoms with E-state index >= 15 is 0 Å². The number of benzene rings is 2. The van der Waals surface area contributed by atoms with Gasteiger partial charge < -0.3 is 19.7 Å². The Labute approximate surface area is 174 Å². The van der Waals surface area contributed by atoms with Gasteiger partial charge in [-0.1, -0.05) is 12.1 Å². The highest BCUT2D eigenvalue weighted by molar-refractivity contribution is 5.86. The molecule has 1 aliphatic heterocycles. The lowest BCUT2D eigenvalue weighted by atomic mass is 10.0. The number of aliphatic imine (C=N–C) groups is 1. The van der Waals surface area contributed by atoms with Crippen molar-refractivity contribution >= 4 is 29.1 Å².